The molecule has 1 heterocycles. The van der Waals surface area contributed by atoms with Gasteiger partial charge in [0.25, 0.3) is 0 Å². The number of fused-ring (bicyclic) bond motifs is 1. The molecule has 2 aromatic rings. The molecule has 0 amide bonds. The van der Waals surface area contributed by atoms with E-state index in [1.54, 1.807) is 0 Å². The van der Waals surface area contributed by atoms with E-state index in [4.69, 9.17) is 9.47 Å². The van der Waals surface area contributed by atoms with Crippen molar-refractivity contribution in [2.24, 2.45) is 0 Å². The zero-order chi connectivity index (χ0) is 14.8. The van der Waals surface area contributed by atoms with E-state index in [0.29, 0.717) is 24.3 Å². The molecule has 1 atom stereocenters. The van der Waals surface area contributed by atoms with E-state index in [1.165, 1.54) is 0 Å². The Hall–Kier alpha value is -1.81. The van der Waals surface area contributed by atoms with Crippen LogP contribution in [0.1, 0.15) is 35.4 Å². The van der Waals surface area contributed by atoms with Gasteiger partial charge in [0.1, 0.15) is 17.6 Å². The monoisotopic (exact) mass is 346 g/mol. The van der Waals surface area contributed by atoms with Gasteiger partial charge < -0.3 is 9.47 Å². The Labute approximate surface area is 132 Å². The molecule has 1 aliphatic rings. The molecule has 4 heteroatoms. The highest BCUT2D eigenvalue weighted by Crippen LogP contribution is 2.36. The molecule has 0 spiro atoms. The number of carbonyl (C=O) groups excluding carboxylic acids is 1. The second kappa shape index (κ2) is 5.90. The lowest BCUT2D eigenvalue weighted by Crippen LogP contribution is -2.20. The molecule has 108 valence electrons. The average Bonchev–Trinajstić information content (AvgIpc) is 2.48. The summed E-state index contributed by atoms with van der Waals surface area (Å²) in [7, 11) is 0. The fourth-order valence-electron chi connectivity index (χ4n) is 2.45. The zero-order valence-corrected chi connectivity index (χ0v) is 13.2. The highest BCUT2D eigenvalue weighted by Gasteiger charge is 2.27. The summed E-state index contributed by atoms with van der Waals surface area (Å²) >= 11 is 3.38. The van der Waals surface area contributed by atoms with Crippen LogP contribution >= 0.6 is 15.9 Å². The van der Waals surface area contributed by atoms with Gasteiger partial charge >= 0.3 is 0 Å². The molecule has 0 radical (unpaired) electrons. The number of halogens is 1. The quantitative estimate of drug-likeness (QED) is 0.817. The van der Waals surface area contributed by atoms with Crippen LogP contribution in [0.2, 0.25) is 0 Å². The van der Waals surface area contributed by atoms with Crippen molar-refractivity contribution < 1.29 is 14.3 Å². The van der Waals surface area contributed by atoms with Gasteiger partial charge in [-0.1, -0.05) is 28.1 Å². The van der Waals surface area contributed by atoms with Crippen LogP contribution in [0.3, 0.4) is 0 Å². The van der Waals surface area contributed by atoms with Gasteiger partial charge in [-0.25, -0.2) is 0 Å². The van der Waals surface area contributed by atoms with Crippen LogP contribution < -0.4 is 9.47 Å². The van der Waals surface area contributed by atoms with E-state index < -0.39 is 0 Å². The number of rotatable bonds is 3. The standard InChI is InChI=1S/C17H15BrO3/c1-2-20-13-5-3-4-11(8-13)17-10-15(19)14-9-12(18)6-7-16(14)21-17/h3-9,17H,2,10H2,1H3. The van der Waals surface area contributed by atoms with E-state index >= 15 is 0 Å². The summed E-state index contributed by atoms with van der Waals surface area (Å²) in [5.74, 6) is 1.54. The van der Waals surface area contributed by atoms with Crippen molar-refractivity contribution >= 4 is 21.7 Å². The molecule has 21 heavy (non-hydrogen) atoms. The molecule has 2 aromatic carbocycles. The third-order valence-electron chi connectivity index (χ3n) is 3.42. The van der Waals surface area contributed by atoms with Gasteiger partial charge in [-0.15, -0.1) is 0 Å². The minimum absolute atomic E-state index is 0.101. The summed E-state index contributed by atoms with van der Waals surface area (Å²) in [4.78, 5) is 12.3. The third-order valence-corrected chi connectivity index (χ3v) is 3.92. The molecule has 1 aliphatic heterocycles. The molecule has 1 unspecified atom stereocenters. The summed E-state index contributed by atoms with van der Waals surface area (Å²) in [6.45, 7) is 2.56. The van der Waals surface area contributed by atoms with Crippen molar-refractivity contribution in [1.29, 1.82) is 0 Å². The van der Waals surface area contributed by atoms with E-state index in [1.807, 2.05) is 49.4 Å². The van der Waals surface area contributed by atoms with Crippen molar-refractivity contribution in [3.63, 3.8) is 0 Å². The number of hydrogen-bond acceptors (Lipinski definition) is 3. The Bertz CT molecular complexity index is 681. The number of benzene rings is 2. The van der Waals surface area contributed by atoms with Gasteiger partial charge in [-0.3, -0.25) is 4.79 Å². The van der Waals surface area contributed by atoms with Crippen LogP contribution in [0.25, 0.3) is 0 Å². The minimum atomic E-state index is -0.258. The molecule has 0 saturated heterocycles. The highest BCUT2D eigenvalue weighted by atomic mass is 79.9. The topological polar surface area (TPSA) is 35.5 Å². The largest absolute Gasteiger partial charge is 0.494 e. The summed E-state index contributed by atoms with van der Waals surface area (Å²) in [6, 6.07) is 13.2. The van der Waals surface area contributed by atoms with Crippen molar-refractivity contribution in [3.8, 4) is 11.5 Å². The SMILES string of the molecule is CCOc1cccc(C2CC(=O)c3cc(Br)ccc3O2)c1. The summed E-state index contributed by atoms with van der Waals surface area (Å²) < 4.78 is 12.4. The van der Waals surface area contributed by atoms with Crippen LogP contribution in [0.15, 0.2) is 46.9 Å². The summed E-state index contributed by atoms with van der Waals surface area (Å²) in [5, 5.41) is 0. The van der Waals surface area contributed by atoms with E-state index in [2.05, 4.69) is 15.9 Å². The molecular weight excluding hydrogens is 332 g/mol. The number of ketones is 1. The number of ether oxygens (including phenoxy) is 2. The van der Waals surface area contributed by atoms with E-state index in [-0.39, 0.29) is 11.9 Å². The lowest BCUT2D eigenvalue weighted by atomic mass is 9.96. The fourth-order valence-corrected chi connectivity index (χ4v) is 2.81. The first-order valence-corrected chi connectivity index (χ1v) is 7.69. The Kier molecular flexibility index (Phi) is 3.97. The molecule has 0 N–H and O–H groups in total. The first kappa shape index (κ1) is 14.1. The van der Waals surface area contributed by atoms with E-state index in [9.17, 15) is 4.79 Å². The van der Waals surface area contributed by atoms with Crippen LogP contribution in [-0.4, -0.2) is 12.4 Å². The molecule has 0 bridgehead atoms. The molecule has 0 aromatic heterocycles. The summed E-state index contributed by atoms with van der Waals surface area (Å²) in [6.07, 6.45) is 0.0885. The molecule has 0 saturated carbocycles. The first-order chi connectivity index (χ1) is 10.2. The number of hydrogen-bond donors (Lipinski definition) is 0. The smallest absolute Gasteiger partial charge is 0.170 e. The second-order valence-electron chi connectivity index (χ2n) is 4.88. The van der Waals surface area contributed by atoms with Crippen LogP contribution in [0.4, 0.5) is 0 Å². The fraction of sp³-hybridized carbons (Fsp3) is 0.235. The van der Waals surface area contributed by atoms with E-state index in [0.717, 1.165) is 15.8 Å². The van der Waals surface area contributed by atoms with Crippen molar-refractivity contribution in [3.05, 3.63) is 58.1 Å². The third kappa shape index (κ3) is 2.95. The first-order valence-electron chi connectivity index (χ1n) is 6.89. The molecule has 0 fully saturated rings. The van der Waals surface area contributed by atoms with Crippen LogP contribution in [0, 0.1) is 0 Å². The maximum Gasteiger partial charge on any atom is 0.170 e. The Morgan fingerprint density at radius 1 is 1.29 bits per heavy atom. The summed E-state index contributed by atoms with van der Waals surface area (Å²) in [5.41, 5.74) is 1.60. The maximum atomic E-state index is 12.3. The predicted octanol–water partition coefficient (Wildman–Crippen LogP) is 4.55. The molecule has 0 aliphatic carbocycles. The number of Topliss-reactive ketones (excluding diaryl/α,β-unsaturated/α-hetero) is 1. The lowest BCUT2D eigenvalue weighted by molar-refractivity contribution is 0.0849. The normalized spacial score (nSPS) is 17.0. The minimum Gasteiger partial charge on any atom is -0.494 e. The van der Waals surface area contributed by atoms with Gasteiger partial charge in [0.2, 0.25) is 0 Å². The van der Waals surface area contributed by atoms with Crippen molar-refractivity contribution in [2.75, 3.05) is 6.61 Å². The molecular formula is C17H15BrO3. The van der Waals surface area contributed by atoms with Gasteiger partial charge in [0.15, 0.2) is 5.78 Å². The van der Waals surface area contributed by atoms with Gasteiger partial charge in [-0.05, 0) is 42.8 Å². The number of carbonyl (C=O) groups is 1. The van der Waals surface area contributed by atoms with Crippen LogP contribution in [0.5, 0.6) is 11.5 Å². The van der Waals surface area contributed by atoms with Crippen molar-refractivity contribution in [1.82, 2.24) is 0 Å². The predicted molar refractivity (Wildman–Crippen MR) is 84.1 cm³/mol. The van der Waals surface area contributed by atoms with Gasteiger partial charge in [-0.2, -0.15) is 0 Å². The lowest BCUT2D eigenvalue weighted by Gasteiger charge is -2.26. The zero-order valence-electron chi connectivity index (χ0n) is 11.6. The Balaban J connectivity index is 1.90. The molecule has 3 nitrogen and oxygen atoms in total. The Morgan fingerprint density at radius 2 is 2.14 bits per heavy atom. The maximum absolute atomic E-state index is 12.3. The van der Waals surface area contributed by atoms with Crippen LogP contribution in [-0.2, 0) is 0 Å². The second-order valence-corrected chi connectivity index (χ2v) is 5.80. The molecule has 3 rings (SSSR count). The van der Waals surface area contributed by atoms with Crippen molar-refractivity contribution in [2.45, 2.75) is 19.4 Å². The van der Waals surface area contributed by atoms with Gasteiger partial charge in [0, 0.05) is 4.47 Å². The Morgan fingerprint density at radius 3 is 2.95 bits per heavy atom. The van der Waals surface area contributed by atoms with Gasteiger partial charge in [0.05, 0.1) is 18.6 Å². The average molecular weight is 347 g/mol. The highest BCUT2D eigenvalue weighted by molar-refractivity contribution is 9.10.